The van der Waals surface area contributed by atoms with Crippen molar-refractivity contribution >= 4 is 27.6 Å². The highest BCUT2D eigenvalue weighted by Crippen LogP contribution is 2.22. The third-order valence-corrected chi connectivity index (χ3v) is 3.72. The SMILES string of the molecule is O=C(NC=C1CCCCC1)Nc1ccccc1Br. The molecule has 1 aliphatic carbocycles. The molecule has 1 fully saturated rings. The highest BCUT2D eigenvalue weighted by molar-refractivity contribution is 9.10. The minimum atomic E-state index is -0.194. The molecule has 1 aromatic carbocycles. The highest BCUT2D eigenvalue weighted by atomic mass is 79.9. The number of urea groups is 1. The van der Waals surface area contributed by atoms with E-state index in [1.165, 1.54) is 24.8 Å². The number of allylic oxidation sites excluding steroid dienone is 1. The molecule has 0 radical (unpaired) electrons. The van der Waals surface area contributed by atoms with Crippen molar-refractivity contribution in [3.05, 3.63) is 40.5 Å². The van der Waals surface area contributed by atoms with Crippen molar-refractivity contribution in [1.29, 1.82) is 0 Å². The summed E-state index contributed by atoms with van der Waals surface area (Å²) >= 11 is 3.39. The largest absolute Gasteiger partial charge is 0.323 e. The van der Waals surface area contributed by atoms with Gasteiger partial charge in [0.25, 0.3) is 0 Å². The van der Waals surface area contributed by atoms with E-state index in [0.717, 1.165) is 23.0 Å². The van der Waals surface area contributed by atoms with Crippen LogP contribution < -0.4 is 10.6 Å². The maximum Gasteiger partial charge on any atom is 0.323 e. The molecule has 18 heavy (non-hydrogen) atoms. The molecule has 0 spiro atoms. The van der Waals surface area contributed by atoms with Crippen LogP contribution in [0.3, 0.4) is 0 Å². The van der Waals surface area contributed by atoms with Gasteiger partial charge in [-0.3, -0.25) is 0 Å². The molecule has 0 atom stereocenters. The number of anilines is 1. The van der Waals surface area contributed by atoms with Crippen LogP contribution >= 0.6 is 15.9 Å². The van der Waals surface area contributed by atoms with Crippen molar-refractivity contribution in [3.63, 3.8) is 0 Å². The number of nitrogens with one attached hydrogen (secondary N) is 2. The first-order valence-electron chi connectivity index (χ1n) is 6.25. The van der Waals surface area contributed by atoms with E-state index in [-0.39, 0.29) is 6.03 Å². The Kier molecular flexibility index (Phi) is 4.81. The number of hydrogen-bond donors (Lipinski definition) is 2. The van der Waals surface area contributed by atoms with Gasteiger partial charge in [0.2, 0.25) is 0 Å². The molecule has 1 saturated carbocycles. The summed E-state index contributed by atoms with van der Waals surface area (Å²) in [6.07, 6.45) is 7.84. The maximum absolute atomic E-state index is 11.7. The summed E-state index contributed by atoms with van der Waals surface area (Å²) in [6.45, 7) is 0. The molecule has 0 aliphatic heterocycles. The van der Waals surface area contributed by atoms with Crippen molar-refractivity contribution in [2.45, 2.75) is 32.1 Å². The van der Waals surface area contributed by atoms with Crippen molar-refractivity contribution in [3.8, 4) is 0 Å². The van der Waals surface area contributed by atoms with E-state index < -0.39 is 0 Å². The van der Waals surface area contributed by atoms with Crippen molar-refractivity contribution in [1.82, 2.24) is 5.32 Å². The average Bonchev–Trinajstić information content (AvgIpc) is 2.40. The van der Waals surface area contributed by atoms with Crippen molar-refractivity contribution < 1.29 is 4.79 Å². The van der Waals surface area contributed by atoms with Gasteiger partial charge >= 0.3 is 6.03 Å². The number of rotatable bonds is 2. The predicted molar refractivity (Wildman–Crippen MR) is 77.5 cm³/mol. The number of carbonyl (C=O) groups is 1. The molecule has 4 heteroatoms. The summed E-state index contributed by atoms with van der Waals surface area (Å²) in [5.41, 5.74) is 2.11. The molecule has 2 rings (SSSR count). The van der Waals surface area contributed by atoms with Crippen molar-refractivity contribution in [2.24, 2.45) is 0 Å². The quantitative estimate of drug-likeness (QED) is 0.834. The molecule has 0 saturated heterocycles. The van der Waals surface area contributed by atoms with Gasteiger partial charge in [-0.25, -0.2) is 4.79 Å². The number of halogens is 1. The lowest BCUT2D eigenvalue weighted by Crippen LogP contribution is -2.24. The van der Waals surface area contributed by atoms with E-state index in [9.17, 15) is 4.79 Å². The fourth-order valence-electron chi connectivity index (χ4n) is 2.04. The van der Waals surface area contributed by atoms with Crippen LogP contribution in [0.1, 0.15) is 32.1 Å². The number of benzene rings is 1. The third kappa shape index (κ3) is 3.88. The molecule has 0 aromatic heterocycles. The number of para-hydroxylation sites is 1. The summed E-state index contributed by atoms with van der Waals surface area (Å²) in [6, 6.07) is 7.36. The second kappa shape index (κ2) is 6.59. The van der Waals surface area contributed by atoms with E-state index in [1.54, 1.807) is 0 Å². The molecule has 96 valence electrons. The second-order valence-electron chi connectivity index (χ2n) is 4.44. The van der Waals surface area contributed by atoms with E-state index >= 15 is 0 Å². The Morgan fingerprint density at radius 1 is 1.17 bits per heavy atom. The summed E-state index contributed by atoms with van der Waals surface area (Å²) in [5, 5.41) is 5.60. The van der Waals surface area contributed by atoms with Crippen LogP contribution in [0.25, 0.3) is 0 Å². The summed E-state index contributed by atoms with van der Waals surface area (Å²) < 4.78 is 0.880. The lowest BCUT2D eigenvalue weighted by Gasteiger charge is -2.13. The summed E-state index contributed by atoms with van der Waals surface area (Å²) in [5.74, 6) is 0. The van der Waals surface area contributed by atoms with Crippen LogP contribution in [-0.2, 0) is 0 Å². The van der Waals surface area contributed by atoms with Crippen molar-refractivity contribution in [2.75, 3.05) is 5.32 Å². The van der Waals surface area contributed by atoms with Crippen LogP contribution in [0.2, 0.25) is 0 Å². The first kappa shape index (κ1) is 13.1. The zero-order valence-corrected chi connectivity index (χ0v) is 11.8. The van der Waals surface area contributed by atoms with Crippen LogP contribution in [-0.4, -0.2) is 6.03 Å². The normalized spacial score (nSPS) is 15.1. The monoisotopic (exact) mass is 308 g/mol. The highest BCUT2D eigenvalue weighted by Gasteiger charge is 2.06. The fraction of sp³-hybridized carbons (Fsp3) is 0.357. The van der Waals surface area contributed by atoms with Gasteiger partial charge in [0, 0.05) is 10.7 Å². The average molecular weight is 309 g/mol. The Bertz CT molecular complexity index is 449. The zero-order valence-electron chi connectivity index (χ0n) is 10.2. The van der Waals surface area contributed by atoms with Crippen LogP contribution in [0.4, 0.5) is 10.5 Å². The number of carbonyl (C=O) groups excluding carboxylic acids is 1. The first-order valence-corrected chi connectivity index (χ1v) is 7.05. The van der Waals surface area contributed by atoms with Crippen LogP contribution in [0.5, 0.6) is 0 Å². The zero-order chi connectivity index (χ0) is 12.8. The molecule has 2 N–H and O–H groups in total. The number of amides is 2. The Labute approximate surface area is 116 Å². The van der Waals surface area contributed by atoms with Gasteiger partial charge in [0.15, 0.2) is 0 Å². The van der Waals surface area contributed by atoms with Gasteiger partial charge < -0.3 is 10.6 Å². The number of hydrogen-bond acceptors (Lipinski definition) is 1. The maximum atomic E-state index is 11.7. The van der Waals surface area contributed by atoms with E-state index in [2.05, 4.69) is 26.6 Å². The molecular weight excluding hydrogens is 292 g/mol. The topological polar surface area (TPSA) is 41.1 Å². The fourth-order valence-corrected chi connectivity index (χ4v) is 2.42. The Morgan fingerprint density at radius 3 is 2.61 bits per heavy atom. The molecule has 0 bridgehead atoms. The second-order valence-corrected chi connectivity index (χ2v) is 5.30. The standard InChI is InChI=1S/C14H17BrN2O/c15-12-8-4-5-9-13(12)17-14(18)16-10-11-6-2-1-3-7-11/h4-5,8-10H,1-3,6-7H2,(H2,16,17,18). The molecule has 1 aromatic rings. The molecule has 0 heterocycles. The van der Waals surface area contributed by atoms with Gasteiger partial charge in [-0.05, 0) is 53.7 Å². The minimum Gasteiger partial charge on any atom is -0.314 e. The van der Waals surface area contributed by atoms with Crippen LogP contribution in [0, 0.1) is 0 Å². The van der Waals surface area contributed by atoms with Crippen LogP contribution in [0.15, 0.2) is 40.5 Å². The van der Waals surface area contributed by atoms with E-state index in [0.29, 0.717) is 0 Å². The third-order valence-electron chi connectivity index (χ3n) is 3.03. The molecule has 3 nitrogen and oxygen atoms in total. The van der Waals surface area contributed by atoms with Gasteiger partial charge in [0.05, 0.1) is 5.69 Å². The van der Waals surface area contributed by atoms with Gasteiger partial charge in [-0.1, -0.05) is 24.1 Å². The van der Waals surface area contributed by atoms with Gasteiger partial charge in [0.1, 0.15) is 0 Å². The Morgan fingerprint density at radius 2 is 1.89 bits per heavy atom. The molecule has 1 aliphatic rings. The smallest absolute Gasteiger partial charge is 0.314 e. The molecule has 2 amide bonds. The predicted octanol–water partition coefficient (Wildman–Crippen LogP) is 4.42. The summed E-state index contributed by atoms with van der Waals surface area (Å²) in [4.78, 5) is 11.7. The Balaban J connectivity index is 1.87. The molecular formula is C14H17BrN2O. The minimum absolute atomic E-state index is 0.194. The van der Waals surface area contributed by atoms with Gasteiger partial charge in [-0.2, -0.15) is 0 Å². The van der Waals surface area contributed by atoms with Gasteiger partial charge in [-0.15, -0.1) is 0 Å². The lowest BCUT2D eigenvalue weighted by atomic mass is 9.96. The molecule has 0 unspecified atom stereocenters. The first-order chi connectivity index (χ1) is 8.75. The van der Waals surface area contributed by atoms with E-state index in [4.69, 9.17) is 0 Å². The summed E-state index contributed by atoms with van der Waals surface area (Å²) in [7, 11) is 0. The Hall–Kier alpha value is -1.29. The lowest BCUT2D eigenvalue weighted by molar-refractivity contribution is 0.255. The van der Waals surface area contributed by atoms with E-state index in [1.807, 2.05) is 30.5 Å².